The number of hydrogen-bond acceptors (Lipinski definition) is 2. The molecule has 0 radical (unpaired) electrons. The van der Waals surface area contributed by atoms with Crippen LogP contribution < -0.4 is 5.32 Å². The smallest absolute Gasteiger partial charge is 0.233 e. The highest BCUT2D eigenvalue weighted by molar-refractivity contribution is 5.94. The standard InChI is InChI=1S/C11H14N4O/c1-3-9-4-6-10(7-5-9)13-11(16)8(2)14-15-12/h4-8H,3H2,1-2H3,(H,13,16). The van der Waals surface area contributed by atoms with E-state index in [1.165, 1.54) is 5.56 Å². The van der Waals surface area contributed by atoms with Crippen molar-refractivity contribution in [2.24, 2.45) is 5.11 Å². The molecule has 0 fully saturated rings. The Balaban J connectivity index is 2.66. The van der Waals surface area contributed by atoms with Crippen molar-refractivity contribution in [1.82, 2.24) is 0 Å². The summed E-state index contributed by atoms with van der Waals surface area (Å²) in [4.78, 5) is 14.1. The van der Waals surface area contributed by atoms with E-state index in [-0.39, 0.29) is 5.91 Å². The highest BCUT2D eigenvalue weighted by Gasteiger charge is 2.10. The Morgan fingerprint density at radius 2 is 2.12 bits per heavy atom. The Hall–Kier alpha value is -2.00. The van der Waals surface area contributed by atoms with Crippen LogP contribution in [0.3, 0.4) is 0 Å². The van der Waals surface area contributed by atoms with Gasteiger partial charge in [-0.05, 0) is 36.6 Å². The quantitative estimate of drug-likeness (QED) is 0.470. The summed E-state index contributed by atoms with van der Waals surface area (Å²) in [6.07, 6.45) is 0.962. The Bertz CT molecular complexity index is 406. The fourth-order valence-electron chi connectivity index (χ4n) is 1.20. The molecule has 0 aliphatic heterocycles. The third-order valence-corrected chi connectivity index (χ3v) is 2.23. The number of nitrogens with zero attached hydrogens (tertiary/aromatic N) is 3. The molecule has 1 amide bonds. The molecule has 5 heteroatoms. The maximum Gasteiger partial charge on any atom is 0.233 e. The summed E-state index contributed by atoms with van der Waals surface area (Å²) in [6.45, 7) is 3.62. The maximum absolute atomic E-state index is 11.5. The first-order chi connectivity index (χ1) is 7.67. The summed E-state index contributed by atoms with van der Waals surface area (Å²) in [6, 6.07) is 6.87. The first kappa shape index (κ1) is 12.1. The topological polar surface area (TPSA) is 77.9 Å². The zero-order valence-corrected chi connectivity index (χ0v) is 9.34. The number of azide groups is 1. The zero-order chi connectivity index (χ0) is 12.0. The first-order valence-corrected chi connectivity index (χ1v) is 5.11. The number of hydrogen-bond donors (Lipinski definition) is 1. The van der Waals surface area contributed by atoms with E-state index in [0.29, 0.717) is 5.69 Å². The van der Waals surface area contributed by atoms with Crippen molar-refractivity contribution >= 4 is 11.6 Å². The highest BCUT2D eigenvalue weighted by atomic mass is 16.2. The molecule has 16 heavy (non-hydrogen) atoms. The Kier molecular flexibility index (Phi) is 4.36. The molecule has 0 bridgehead atoms. The molecule has 84 valence electrons. The predicted molar refractivity (Wildman–Crippen MR) is 63.1 cm³/mol. The minimum atomic E-state index is -0.698. The van der Waals surface area contributed by atoms with Crippen LogP contribution in [0.15, 0.2) is 29.4 Å². The molecular weight excluding hydrogens is 204 g/mol. The normalized spacial score (nSPS) is 11.4. The van der Waals surface area contributed by atoms with E-state index in [9.17, 15) is 4.79 Å². The average Bonchev–Trinajstić information content (AvgIpc) is 2.30. The number of benzene rings is 1. The van der Waals surface area contributed by atoms with E-state index in [4.69, 9.17) is 5.53 Å². The van der Waals surface area contributed by atoms with Gasteiger partial charge < -0.3 is 5.32 Å². The number of rotatable bonds is 4. The first-order valence-electron chi connectivity index (χ1n) is 5.11. The van der Waals surface area contributed by atoms with Crippen LogP contribution in [0.2, 0.25) is 0 Å². The van der Waals surface area contributed by atoms with E-state index in [1.807, 2.05) is 24.3 Å². The lowest BCUT2D eigenvalue weighted by atomic mass is 10.1. The molecule has 1 rings (SSSR count). The van der Waals surface area contributed by atoms with E-state index >= 15 is 0 Å². The fraction of sp³-hybridized carbons (Fsp3) is 0.364. The summed E-state index contributed by atoms with van der Waals surface area (Å²) in [5, 5.41) is 6.00. The van der Waals surface area contributed by atoms with Gasteiger partial charge in [-0.3, -0.25) is 4.79 Å². The molecule has 0 saturated carbocycles. The molecular formula is C11H14N4O. The molecule has 5 nitrogen and oxygen atoms in total. The molecule has 0 aliphatic rings. The molecule has 0 aromatic heterocycles. The molecule has 1 aromatic carbocycles. The van der Waals surface area contributed by atoms with Gasteiger partial charge in [0.15, 0.2) is 0 Å². The molecule has 0 spiro atoms. The Labute approximate surface area is 94.1 Å². The number of anilines is 1. The van der Waals surface area contributed by atoms with Crippen molar-refractivity contribution in [2.45, 2.75) is 26.3 Å². The molecule has 1 aromatic rings. The van der Waals surface area contributed by atoms with E-state index < -0.39 is 6.04 Å². The highest BCUT2D eigenvalue weighted by Crippen LogP contribution is 2.10. The number of carbonyl (C=O) groups excluding carboxylic acids is 1. The second-order valence-corrected chi connectivity index (χ2v) is 3.42. The Morgan fingerprint density at radius 3 is 2.62 bits per heavy atom. The molecule has 0 aliphatic carbocycles. The summed E-state index contributed by atoms with van der Waals surface area (Å²) in [5.74, 6) is -0.304. The van der Waals surface area contributed by atoms with Gasteiger partial charge in [0.1, 0.15) is 6.04 Å². The van der Waals surface area contributed by atoms with Crippen molar-refractivity contribution in [3.05, 3.63) is 40.3 Å². The van der Waals surface area contributed by atoms with Crippen LogP contribution in [-0.2, 0) is 11.2 Å². The number of amides is 1. The van der Waals surface area contributed by atoms with Crippen molar-refractivity contribution in [3.63, 3.8) is 0 Å². The van der Waals surface area contributed by atoms with Gasteiger partial charge in [-0.25, -0.2) is 0 Å². The molecule has 1 atom stereocenters. The third-order valence-electron chi connectivity index (χ3n) is 2.23. The predicted octanol–water partition coefficient (Wildman–Crippen LogP) is 2.89. The minimum Gasteiger partial charge on any atom is -0.326 e. The second kappa shape index (κ2) is 5.78. The molecule has 0 heterocycles. The number of aryl methyl sites for hydroxylation is 1. The van der Waals surface area contributed by atoms with Gasteiger partial charge in [0.05, 0.1) is 0 Å². The Morgan fingerprint density at radius 1 is 1.50 bits per heavy atom. The van der Waals surface area contributed by atoms with Gasteiger partial charge >= 0.3 is 0 Å². The van der Waals surface area contributed by atoms with Crippen LogP contribution in [0.1, 0.15) is 19.4 Å². The molecule has 1 unspecified atom stereocenters. The van der Waals surface area contributed by atoms with Crippen LogP contribution in [0.25, 0.3) is 10.4 Å². The number of carbonyl (C=O) groups is 1. The third kappa shape index (κ3) is 3.29. The van der Waals surface area contributed by atoms with Crippen molar-refractivity contribution in [3.8, 4) is 0 Å². The van der Waals surface area contributed by atoms with Gasteiger partial charge in [-0.1, -0.05) is 24.2 Å². The van der Waals surface area contributed by atoms with E-state index in [1.54, 1.807) is 6.92 Å². The van der Waals surface area contributed by atoms with Crippen molar-refractivity contribution < 1.29 is 4.79 Å². The molecule has 1 N–H and O–H groups in total. The van der Waals surface area contributed by atoms with Crippen molar-refractivity contribution in [2.75, 3.05) is 5.32 Å². The van der Waals surface area contributed by atoms with Gasteiger partial charge in [-0.15, -0.1) is 0 Å². The SMILES string of the molecule is CCc1ccc(NC(=O)C(C)N=[N+]=[N-])cc1. The van der Waals surface area contributed by atoms with Gasteiger partial charge in [-0.2, -0.15) is 0 Å². The van der Waals surface area contributed by atoms with Gasteiger partial charge in [0.2, 0.25) is 5.91 Å². The monoisotopic (exact) mass is 218 g/mol. The fourth-order valence-corrected chi connectivity index (χ4v) is 1.20. The van der Waals surface area contributed by atoms with Crippen LogP contribution in [0.4, 0.5) is 5.69 Å². The largest absolute Gasteiger partial charge is 0.326 e. The minimum absolute atomic E-state index is 0.304. The van der Waals surface area contributed by atoms with E-state index in [0.717, 1.165) is 6.42 Å². The summed E-state index contributed by atoms with van der Waals surface area (Å²) < 4.78 is 0. The lowest BCUT2D eigenvalue weighted by Gasteiger charge is -2.07. The lowest BCUT2D eigenvalue weighted by molar-refractivity contribution is -0.117. The summed E-state index contributed by atoms with van der Waals surface area (Å²) in [5.41, 5.74) is 10.1. The number of nitrogens with one attached hydrogen (secondary N) is 1. The van der Waals surface area contributed by atoms with Gasteiger partial charge in [0, 0.05) is 10.6 Å². The van der Waals surface area contributed by atoms with Crippen molar-refractivity contribution in [1.29, 1.82) is 0 Å². The summed E-state index contributed by atoms with van der Waals surface area (Å²) >= 11 is 0. The van der Waals surface area contributed by atoms with Crippen LogP contribution in [-0.4, -0.2) is 11.9 Å². The average molecular weight is 218 g/mol. The molecule has 0 saturated heterocycles. The zero-order valence-electron chi connectivity index (χ0n) is 9.34. The van der Waals surface area contributed by atoms with E-state index in [2.05, 4.69) is 22.3 Å². The van der Waals surface area contributed by atoms with Crippen LogP contribution in [0, 0.1) is 0 Å². The second-order valence-electron chi connectivity index (χ2n) is 3.42. The maximum atomic E-state index is 11.5. The summed E-state index contributed by atoms with van der Waals surface area (Å²) in [7, 11) is 0. The van der Waals surface area contributed by atoms with Gasteiger partial charge in [0.25, 0.3) is 0 Å². The van der Waals surface area contributed by atoms with Crippen LogP contribution in [0.5, 0.6) is 0 Å². The van der Waals surface area contributed by atoms with Crippen LogP contribution >= 0.6 is 0 Å². The lowest BCUT2D eigenvalue weighted by Crippen LogP contribution is -2.22.